The van der Waals surface area contributed by atoms with Crippen LogP contribution in [-0.2, 0) is 0 Å². The van der Waals surface area contributed by atoms with E-state index < -0.39 is 10.8 Å². The highest BCUT2D eigenvalue weighted by Gasteiger charge is 2.15. The van der Waals surface area contributed by atoms with Crippen LogP contribution in [0.2, 0.25) is 0 Å². The lowest BCUT2D eigenvalue weighted by atomic mass is 10.4. The summed E-state index contributed by atoms with van der Waals surface area (Å²) in [6, 6.07) is 2.57. The van der Waals surface area contributed by atoms with Crippen molar-refractivity contribution in [2.75, 3.05) is 5.32 Å². The molecule has 0 aromatic carbocycles. The zero-order chi connectivity index (χ0) is 11.5. The Bertz CT molecular complexity index is 516. The molecular weight excluding hydrogens is 214 g/mol. The van der Waals surface area contributed by atoms with Crippen LogP contribution in [0.1, 0.15) is 10.5 Å². The third-order valence-corrected chi connectivity index (χ3v) is 1.87. The summed E-state index contributed by atoms with van der Waals surface area (Å²) >= 11 is 0. The van der Waals surface area contributed by atoms with Gasteiger partial charge in [-0.15, -0.1) is 0 Å². The van der Waals surface area contributed by atoms with Gasteiger partial charge in [-0.1, -0.05) is 0 Å². The minimum absolute atomic E-state index is 0.118. The maximum absolute atomic E-state index is 11.5. The molecule has 1 amide bonds. The maximum Gasteiger partial charge on any atom is 0.321 e. The zero-order valence-electron chi connectivity index (χ0n) is 7.93. The number of amides is 1. The van der Waals surface area contributed by atoms with Crippen LogP contribution in [0.15, 0.2) is 24.5 Å². The highest BCUT2D eigenvalue weighted by molar-refractivity contribution is 6.03. The lowest BCUT2D eigenvalue weighted by Gasteiger charge is -1.96. The number of nitrogens with zero attached hydrogens (tertiary/aromatic N) is 2. The Hall–Kier alpha value is -2.64. The quantitative estimate of drug-likeness (QED) is 0.527. The number of carbonyl (C=O) groups excluding carboxylic acids is 1. The van der Waals surface area contributed by atoms with Gasteiger partial charge in [0.05, 0.1) is 11.9 Å². The minimum atomic E-state index is -0.603. The Morgan fingerprint density at radius 1 is 1.50 bits per heavy atom. The van der Waals surface area contributed by atoms with E-state index in [1.165, 1.54) is 24.5 Å². The van der Waals surface area contributed by atoms with Crippen LogP contribution >= 0.6 is 0 Å². The van der Waals surface area contributed by atoms with Crippen molar-refractivity contribution in [3.63, 3.8) is 0 Å². The average Bonchev–Trinajstić information content (AvgIpc) is 2.86. The van der Waals surface area contributed by atoms with E-state index in [0.29, 0.717) is 5.69 Å². The molecule has 3 N–H and O–H groups in total. The number of H-pyrrole nitrogens is 2. The molecule has 0 aliphatic heterocycles. The topological polar surface area (TPSA) is 117 Å². The molecule has 8 heteroatoms. The van der Waals surface area contributed by atoms with Crippen LogP contribution in [0, 0.1) is 10.1 Å². The smallest absolute Gasteiger partial charge is 0.321 e. The van der Waals surface area contributed by atoms with E-state index in [2.05, 4.69) is 20.5 Å². The third-order valence-electron chi connectivity index (χ3n) is 1.87. The van der Waals surface area contributed by atoms with Gasteiger partial charge in [-0.25, -0.2) is 4.98 Å². The summed E-state index contributed by atoms with van der Waals surface area (Å²) in [6.07, 6.45) is 2.92. The fourth-order valence-corrected chi connectivity index (χ4v) is 1.14. The molecule has 0 saturated heterocycles. The molecule has 0 bridgehead atoms. The molecule has 0 saturated carbocycles. The molecule has 2 rings (SSSR count). The van der Waals surface area contributed by atoms with Gasteiger partial charge >= 0.3 is 5.82 Å². The van der Waals surface area contributed by atoms with E-state index >= 15 is 0 Å². The molecular formula is C8H7N5O3. The average molecular weight is 221 g/mol. The van der Waals surface area contributed by atoms with Gasteiger partial charge in [-0.3, -0.25) is 9.89 Å². The standard InChI is InChI=1S/C8H7N5O3/c14-8(11-5-3-9-10-4-5)6-1-2-7(12-6)13(15)16/h1-4,12H,(H,9,10)(H,11,14). The van der Waals surface area contributed by atoms with Gasteiger partial charge in [-0.05, 0) is 11.0 Å². The van der Waals surface area contributed by atoms with Crippen molar-refractivity contribution in [2.24, 2.45) is 0 Å². The second-order valence-electron chi connectivity index (χ2n) is 2.96. The lowest BCUT2D eigenvalue weighted by Crippen LogP contribution is -2.11. The molecule has 16 heavy (non-hydrogen) atoms. The summed E-state index contributed by atoms with van der Waals surface area (Å²) in [6.45, 7) is 0. The van der Waals surface area contributed by atoms with Gasteiger partial charge in [0.2, 0.25) is 0 Å². The van der Waals surface area contributed by atoms with Gasteiger partial charge in [0.1, 0.15) is 0 Å². The van der Waals surface area contributed by atoms with Crippen molar-refractivity contribution >= 4 is 17.4 Å². The van der Waals surface area contributed by atoms with Gasteiger partial charge in [0.15, 0.2) is 5.69 Å². The maximum atomic E-state index is 11.5. The van der Waals surface area contributed by atoms with Crippen molar-refractivity contribution < 1.29 is 9.72 Å². The predicted molar refractivity (Wildman–Crippen MR) is 54.0 cm³/mol. The van der Waals surface area contributed by atoms with Gasteiger partial charge in [0, 0.05) is 12.3 Å². The number of nitro groups is 1. The minimum Gasteiger partial charge on any atom is -0.358 e. The molecule has 0 unspecified atom stereocenters. The molecule has 0 fully saturated rings. The number of nitrogens with one attached hydrogen (secondary N) is 3. The first-order valence-corrected chi connectivity index (χ1v) is 4.30. The number of aromatic amines is 2. The Kier molecular flexibility index (Phi) is 2.38. The van der Waals surface area contributed by atoms with Crippen LogP contribution in [0.25, 0.3) is 0 Å². The molecule has 2 heterocycles. The van der Waals surface area contributed by atoms with E-state index in [1.807, 2.05) is 0 Å². The van der Waals surface area contributed by atoms with E-state index in [4.69, 9.17) is 0 Å². The Labute approximate surface area is 88.8 Å². The highest BCUT2D eigenvalue weighted by atomic mass is 16.6. The number of hydrogen-bond acceptors (Lipinski definition) is 4. The number of hydrogen-bond donors (Lipinski definition) is 3. The Morgan fingerprint density at radius 3 is 2.88 bits per heavy atom. The lowest BCUT2D eigenvalue weighted by molar-refractivity contribution is -0.389. The molecule has 0 radical (unpaired) electrons. The SMILES string of the molecule is O=C(Nc1cn[nH]c1)c1ccc([N+](=O)[O-])[nH]1. The highest BCUT2D eigenvalue weighted by Crippen LogP contribution is 2.11. The van der Waals surface area contributed by atoms with Gasteiger partial charge in [-0.2, -0.15) is 5.10 Å². The molecule has 0 spiro atoms. The monoisotopic (exact) mass is 221 g/mol. The fraction of sp³-hybridized carbons (Fsp3) is 0. The first kappa shape index (κ1) is 9.90. The number of rotatable bonds is 3. The summed E-state index contributed by atoms with van der Waals surface area (Å²) in [5.41, 5.74) is 0.607. The normalized spacial score (nSPS) is 10.0. The largest absolute Gasteiger partial charge is 0.358 e. The summed E-state index contributed by atoms with van der Waals surface area (Å²) in [5, 5.41) is 19.1. The van der Waals surface area contributed by atoms with Crippen molar-refractivity contribution in [1.82, 2.24) is 15.2 Å². The number of anilines is 1. The molecule has 2 aromatic heterocycles. The third kappa shape index (κ3) is 1.90. The molecule has 0 aliphatic rings. The predicted octanol–water partition coefficient (Wildman–Crippen LogP) is 0.898. The molecule has 0 aliphatic carbocycles. The van der Waals surface area contributed by atoms with E-state index in [0.717, 1.165) is 0 Å². The van der Waals surface area contributed by atoms with Crippen molar-refractivity contribution in [3.05, 3.63) is 40.3 Å². The second-order valence-corrected chi connectivity index (χ2v) is 2.96. The van der Waals surface area contributed by atoms with E-state index in [-0.39, 0.29) is 11.5 Å². The zero-order valence-corrected chi connectivity index (χ0v) is 7.93. The number of carbonyl (C=O) groups is 1. The van der Waals surface area contributed by atoms with E-state index in [1.54, 1.807) is 0 Å². The summed E-state index contributed by atoms with van der Waals surface area (Å²) in [7, 11) is 0. The fourth-order valence-electron chi connectivity index (χ4n) is 1.14. The Balaban J connectivity index is 2.12. The van der Waals surface area contributed by atoms with Crippen LogP contribution in [0.3, 0.4) is 0 Å². The molecule has 82 valence electrons. The van der Waals surface area contributed by atoms with E-state index in [9.17, 15) is 14.9 Å². The van der Waals surface area contributed by atoms with Gasteiger partial charge in [0.25, 0.3) is 5.91 Å². The second kappa shape index (κ2) is 3.85. The first-order chi connectivity index (χ1) is 7.66. The van der Waals surface area contributed by atoms with Crippen LogP contribution in [0.5, 0.6) is 0 Å². The summed E-state index contributed by atoms with van der Waals surface area (Å²) in [4.78, 5) is 23.7. The van der Waals surface area contributed by atoms with Crippen molar-refractivity contribution in [2.45, 2.75) is 0 Å². The number of aromatic nitrogens is 3. The molecule has 2 aromatic rings. The van der Waals surface area contributed by atoms with Crippen LogP contribution in [0.4, 0.5) is 11.5 Å². The Morgan fingerprint density at radius 2 is 2.31 bits per heavy atom. The van der Waals surface area contributed by atoms with Crippen molar-refractivity contribution in [1.29, 1.82) is 0 Å². The van der Waals surface area contributed by atoms with Crippen molar-refractivity contribution in [3.8, 4) is 0 Å². The van der Waals surface area contributed by atoms with Crippen LogP contribution < -0.4 is 5.32 Å². The summed E-state index contributed by atoms with van der Waals surface area (Å²) in [5.74, 6) is -0.688. The van der Waals surface area contributed by atoms with Gasteiger partial charge < -0.3 is 15.4 Å². The first-order valence-electron chi connectivity index (χ1n) is 4.30. The summed E-state index contributed by atoms with van der Waals surface area (Å²) < 4.78 is 0. The van der Waals surface area contributed by atoms with Crippen LogP contribution in [-0.4, -0.2) is 26.0 Å². The molecule has 0 atom stereocenters. The molecule has 8 nitrogen and oxygen atoms in total.